The van der Waals surface area contributed by atoms with Crippen molar-refractivity contribution in [1.82, 2.24) is 4.90 Å². The fourth-order valence-electron chi connectivity index (χ4n) is 1.51. The Balaban J connectivity index is 2.82. The maximum atomic E-state index is 11.9. The largest absolute Gasteiger partial charge is 0.444 e. The summed E-state index contributed by atoms with van der Waals surface area (Å²) in [5, 5.41) is 0.653. The highest BCUT2D eigenvalue weighted by atomic mass is 35.5. The lowest BCUT2D eigenvalue weighted by Crippen LogP contribution is -2.35. The van der Waals surface area contributed by atoms with Crippen LogP contribution in [0.5, 0.6) is 0 Å². The number of amides is 1. The van der Waals surface area contributed by atoms with Gasteiger partial charge in [-0.25, -0.2) is 4.79 Å². The van der Waals surface area contributed by atoms with Gasteiger partial charge in [-0.3, -0.25) is 0 Å². The molecule has 0 fully saturated rings. The Morgan fingerprint density at radius 3 is 2.39 bits per heavy atom. The summed E-state index contributed by atoms with van der Waals surface area (Å²) in [5.74, 6) is 0. The average molecular weight is 270 g/mol. The molecule has 1 amide bonds. The van der Waals surface area contributed by atoms with Gasteiger partial charge < -0.3 is 9.64 Å². The van der Waals surface area contributed by atoms with Crippen molar-refractivity contribution in [3.05, 3.63) is 34.9 Å². The molecule has 0 saturated heterocycles. The molecule has 0 spiro atoms. The normalized spacial score (nSPS) is 13.0. The van der Waals surface area contributed by atoms with Crippen molar-refractivity contribution in [3.63, 3.8) is 0 Å². The molecule has 3 nitrogen and oxygen atoms in total. The minimum absolute atomic E-state index is 0.131. The first-order valence-corrected chi connectivity index (χ1v) is 6.30. The smallest absolute Gasteiger partial charge is 0.410 e. The molecule has 1 aromatic carbocycles. The standard InChI is InChI=1S/C14H20ClNO2/c1-10(11-8-6-7-9-12(11)15)16(5)13(17)18-14(2,3)4/h6-10H,1-5H3. The highest BCUT2D eigenvalue weighted by Crippen LogP contribution is 2.27. The number of carbonyl (C=O) groups is 1. The van der Waals surface area contributed by atoms with E-state index in [4.69, 9.17) is 16.3 Å². The number of benzene rings is 1. The third-order valence-corrected chi connectivity index (χ3v) is 2.96. The molecule has 0 aromatic heterocycles. The van der Waals surface area contributed by atoms with Crippen LogP contribution >= 0.6 is 11.6 Å². The van der Waals surface area contributed by atoms with Crippen LogP contribution in [0.15, 0.2) is 24.3 Å². The van der Waals surface area contributed by atoms with Gasteiger partial charge in [-0.1, -0.05) is 29.8 Å². The van der Waals surface area contributed by atoms with E-state index in [2.05, 4.69) is 0 Å². The van der Waals surface area contributed by atoms with Gasteiger partial charge >= 0.3 is 6.09 Å². The van der Waals surface area contributed by atoms with Gasteiger partial charge in [-0.2, -0.15) is 0 Å². The summed E-state index contributed by atoms with van der Waals surface area (Å²) in [6.45, 7) is 7.46. The van der Waals surface area contributed by atoms with Crippen molar-refractivity contribution in [2.45, 2.75) is 39.3 Å². The second-order valence-electron chi connectivity index (χ2n) is 5.29. The maximum absolute atomic E-state index is 11.9. The molecule has 1 unspecified atom stereocenters. The van der Waals surface area contributed by atoms with Gasteiger partial charge in [0.1, 0.15) is 5.60 Å². The molecule has 18 heavy (non-hydrogen) atoms. The third-order valence-electron chi connectivity index (χ3n) is 2.62. The summed E-state index contributed by atoms with van der Waals surface area (Å²) >= 11 is 6.12. The lowest BCUT2D eigenvalue weighted by molar-refractivity contribution is 0.0234. The quantitative estimate of drug-likeness (QED) is 0.802. The Kier molecular flexibility index (Phi) is 4.63. The van der Waals surface area contributed by atoms with Crippen LogP contribution in [-0.4, -0.2) is 23.6 Å². The molecule has 1 aromatic rings. The Hall–Kier alpha value is -1.22. The Morgan fingerprint density at radius 2 is 1.89 bits per heavy atom. The summed E-state index contributed by atoms with van der Waals surface area (Å²) in [4.78, 5) is 13.5. The molecule has 0 heterocycles. The SMILES string of the molecule is CC(c1ccccc1Cl)N(C)C(=O)OC(C)(C)C. The van der Waals surface area contributed by atoms with Crippen molar-refractivity contribution < 1.29 is 9.53 Å². The zero-order chi connectivity index (χ0) is 13.9. The lowest BCUT2D eigenvalue weighted by Gasteiger charge is -2.29. The number of carbonyl (C=O) groups excluding carboxylic acids is 1. The molecule has 0 N–H and O–H groups in total. The van der Waals surface area contributed by atoms with E-state index in [-0.39, 0.29) is 12.1 Å². The first kappa shape index (κ1) is 14.8. The van der Waals surface area contributed by atoms with Crippen molar-refractivity contribution in [2.24, 2.45) is 0 Å². The van der Waals surface area contributed by atoms with E-state index in [1.807, 2.05) is 52.0 Å². The summed E-state index contributed by atoms with van der Waals surface area (Å²) in [6.07, 6.45) is -0.352. The fourth-order valence-corrected chi connectivity index (χ4v) is 1.81. The van der Waals surface area contributed by atoms with Gasteiger partial charge in [0.2, 0.25) is 0 Å². The summed E-state index contributed by atoms with van der Waals surface area (Å²) < 4.78 is 5.33. The molecule has 1 rings (SSSR count). The first-order valence-electron chi connectivity index (χ1n) is 5.92. The molecule has 0 bridgehead atoms. The topological polar surface area (TPSA) is 29.5 Å². The lowest BCUT2D eigenvalue weighted by atomic mass is 10.1. The molecule has 0 saturated carbocycles. The molecule has 0 aliphatic carbocycles. The molecule has 0 aliphatic rings. The zero-order valence-electron chi connectivity index (χ0n) is 11.5. The molecular formula is C14H20ClNO2. The molecule has 100 valence electrons. The van der Waals surface area contributed by atoms with Crippen LogP contribution in [0, 0.1) is 0 Å². The molecule has 1 atom stereocenters. The van der Waals surface area contributed by atoms with Crippen molar-refractivity contribution in [1.29, 1.82) is 0 Å². The predicted octanol–water partition coefficient (Wildman–Crippen LogP) is 4.27. The predicted molar refractivity (Wildman–Crippen MR) is 73.9 cm³/mol. The second kappa shape index (κ2) is 5.61. The number of halogens is 1. The molecule has 0 aliphatic heterocycles. The van der Waals surface area contributed by atoms with E-state index in [0.29, 0.717) is 5.02 Å². The highest BCUT2D eigenvalue weighted by molar-refractivity contribution is 6.31. The molecular weight excluding hydrogens is 250 g/mol. The van der Waals surface area contributed by atoms with Crippen LogP contribution in [0.4, 0.5) is 4.79 Å². The van der Waals surface area contributed by atoms with E-state index in [9.17, 15) is 4.79 Å². The maximum Gasteiger partial charge on any atom is 0.410 e. The first-order chi connectivity index (χ1) is 8.22. The monoisotopic (exact) mass is 269 g/mol. The van der Waals surface area contributed by atoms with Crippen molar-refractivity contribution >= 4 is 17.7 Å². The Labute approximate surface area is 114 Å². The van der Waals surface area contributed by atoms with Crippen LogP contribution in [0.2, 0.25) is 5.02 Å². The van der Waals surface area contributed by atoms with Crippen LogP contribution in [0.3, 0.4) is 0 Å². The Bertz CT molecular complexity index is 426. The van der Waals surface area contributed by atoms with E-state index < -0.39 is 5.60 Å². The summed E-state index contributed by atoms with van der Waals surface area (Å²) in [5.41, 5.74) is 0.415. The minimum Gasteiger partial charge on any atom is -0.444 e. The number of ether oxygens (including phenoxy) is 1. The van der Waals surface area contributed by atoms with Gasteiger partial charge in [0.25, 0.3) is 0 Å². The van der Waals surface area contributed by atoms with Gasteiger partial charge in [-0.05, 0) is 39.3 Å². The van der Waals surface area contributed by atoms with E-state index in [1.54, 1.807) is 11.9 Å². The van der Waals surface area contributed by atoms with Gasteiger partial charge in [0, 0.05) is 12.1 Å². The number of rotatable bonds is 2. The summed E-state index contributed by atoms with van der Waals surface area (Å²) in [6, 6.07) is 7.37. The zero-order valence-corrected chi connectivity index (χ0v) is 12.3. The molecule has 4 heteroatoms. The fraction of sp³-hybridized carbons (Fsp3) is 0.500. The van der Waals surface area contributed by atoms with E-state index in [1.165, 1.54) is 0 Å². The molecule has 0 radical (unpaired) electrons. The number of nitrogens with zero attached hydrogens (tertiary/aromatic N) is 1. The van der Waals surface area contributed by atoms with Crippen molar-refractivity contribution in [2.75, 3.05) is 7.05 Å². The van der Waals surface area contributed by atoms with Crippen LogP contribution < -0.4 is 0 Å². The third kappa shape index (κ3) is 3.91. The second-order valence-corrected chi connectivity index (χ2v) is 5.70. The van der Waals surface area contributed by atoms with Gasteiger partial charge in [-0.15, -0.1) is 0 Å². The van der Waals surface area contributed by atoms with Crippen LogP contribution in [0.1, 0.15) is 39.3 Å². The van der Waals surface area contributed by atoms with Crippen molar-refractivity contribution in [3.8, 4) is 0 Å². The van der Waals surface area contributed by atoms with E-state index in [0.717, 1.165) is 5.56 Å². The number of hydrogen-bond donors (Lipinski definition) is 0. The minimum atomic E-state index is -0.494. The highest BCUT2D eigenvalue weighted by Gasteiger charge is 2.24. The van der Waals surface area contributed by atoms with E-state index >= 15 is 0 Å². The Morgan fingerprint density at radius 1 is 1.33 bits per heavy atom. The van der Waals surface area contributed by atoms with Crippen LogP contribution in [0.25, 0.3) is 0 Å². The average Bonchev–Trinajstić information content (AvgIpc) is 2.25. The van der Waals surface area contributed by atoms with Gasteiger partial charge in [0.15, 0.2) is 0 Å². The van der Waals surface area contributed by atoms with Gasteiger partial charge in [0.05, 0.1) is 6.04 Å². The number of hydrogen-bond acceptors (Lipinski definition) is 2. The summed E-state index contributed by atoms with van der Waals surface area (Å²) in [7, 11) is 1.71. The van der Waals surface area contributed by atoms with Crippen LogP contribution in [-0.2, 0) is 4.74 Å².